The molecule has 0 amide bonds. The van der Waals surface area contributed by atoms with Crippen LogP contribution in [0, 0.1) is 49.2 Å². The number of hydrogen-bond donors (Lipinski definition) is 0. The van der Waals surface area contributed by atoms with Crippen LogP contribution < -0.4 is 0 Å². The minimum absolute atomic E-state index is 0.215. The smallest absolute Gasteiger partial charge is 0.168 e. The fourth-order valence-electron chi connectivity index (χ4n) is 13.7. The molecule has 4 aromatic carbocycles. The molecule has 4 atom stereocenters. The average molecular weight is 1310 g/mol. The average Bonchev–Trinajstić information content (AvgIpc) is 1.55. The Kier molecular flexibility index (Phi) is 20.9. The van der Waals surface area contributed by atoms with Crippen LogP contribution in [0.15, 0.2) is 106 Å². The van der Waals surface area contributed by atoms with E-state index in [1.54, 1.807) is 12.1 Å². The van der Waals surface area contributed by atoms with Crippen LogP contribution in [0.1, 0.15) is 179 Å². The predicted molar refractivity (Wildman–Crippen MR) is 388 cm³/mol. The molecule has 12 rings (SSSR count). The van der Waals surface area contributed by atoms with Crippen molar-refractivity contribution in [1.82, 2.24) is 30.0 Å². The molecule has 0 saturated heterocycles. The molecule has 0 aliphatic heterocycles. The fourth-order valence-corrected chi connectivity index (χ4v) is 18.1. The highest BCUT2D eigenvalue weighted by molar-refractivity contribution is 7.19. The number of furan rings is 2. The van der Waals surface area contributed by atoms with E-state index in [0.717, 1.165) is 164 Å². The molecule has 482 valence electrons. The summed E-state index contributed by atoms with van der Waals surface area (Å²) >= 11 is 6.64. The third-order valence-electron chi connectivity index (χ3n) is 19.4. The van der Waals surface area contributed by atoms with Crippen LogP contribution in [0.5, 0.6) is 0 Å². The van der Waals surface area contributed by atoms with E-state index in [9.17, 15) is 0 Å². The molecule has 0 saturated carbocycles. The van der Waals surface area contributed by atoms with E-state index >= 15 is 8.78 Å². The lowest BCUT2D eigenvalue weighted by molar-refractivity contribution is 0.351. The number of halogens is 2. The lowest BCUT2D eigenvalue weighted by Crippen LogP contribution is -2.12. The maximum atomic E-state index is 16.8. The van der Waals surface area contributed by atoms with Crippen molar-refractivity contribution in [3.05, 3.63) is 130 Å². The van der Waals surface area contributed by atoms with Gasteiger partial charge in [-0.25, -0.2) is 8.78 Å². The van der Waals surface area contributed by atoms with Gasteiger partial charge in [0.25, 0.3) is 0 Å². The second-order valence-electron chi connectivity index (χ2n) is 25.9. The van der Waals surface area contributed by atoms with Gasteiger partial charge in [-0.2, -0.15) is 30.0 Å². The Morgan fingerprint density at radius 1 is 0.402 bits per heavy atom. The number of benzene rings is 4. The zero-order valence-corrected chi connectivity index (χ0v) is 58.8. The summed E-state index contributed by atoms with van der Waals surface area (Å²) in [4.78, 5) is 12.0. The summed E-state index contributed by atoms with van der Waals surface area (Å²) < 4.78 is 47.9. The zero-order valence-electron chi connectivity index (χ0n) is 55.6. The van der Waals surface area contributed by atoms with E-state index in [0.29, 0.717) is 45.7 Å². The van der Waals surface area contributed by atoms with E-state index in [-0.39, 0.29) is 11.1 Å². The van der Waals surface area contributed by atoms with Crippen molar-refractivity contribution in [2.45, 2.75) is 198 Å². The molecule has 0 spiro atoms. The number of rotatable bonds is 31. The molecule has 8 heterocycles. The number of hydrogen-bond acceptors (Lipinski definition) is 10. The molecule has 14 heteroatoms. The van der Waals surface area contributed by atoms with Crippen molar-refractivity contribution >= 4 is 89.4 Å². The van der Waals surface area contributed by atoms with Crippen molar-refractivity contribution < 1.29 is 17.6 Å². The summed E-state index contributed by atoms with van der Waals surface area (Å²) in [5.74, 6) is 2.03. The third-order valence-corrected chi connectivity index (χ3v) is 23.9. The van der Waals surface area contributed by atoms with Crippen LogP contribution in [0.25, 0.3) is 118 Å². The van der Waals surface area contributed by atoms with Gasteiger partial charge in [0.2, 0.25) is 0 Å². The molecular formula is C78H90F2N6O2S4. The van der Waals surface area contributed by atoms with Crippen LogP contribution in [0.2, 0.25) is 0 Å². The largest absolute Gasteiger partial charge is 0.461 e. The van der Waals surface area contributed by atoms with E-state index in [4.69, 9.17) is 29.2 Å². The summed E-state index contributed by atoms with van der Waals surface area (Å²) in [7, 11) is 0. The van der Waals surface area contributed by atoms with E-state index in [2.05, 4.69) is 130 Å². The predicted octanol–water partition coefficient (Wildman–Crippen LogP) is 25.4. The summed E-state index contributed by atoms with van der Waals surface area (Å²) in [6.07, 6.45) is 20.8. The second kappa shape index (κ2) is 29.4. The first kappa shape index (κ1) is 65.5. The zero-order chi connectivity index (χ0) is 64.2. The Hall–Kier alpha value is -6.58. The molecule has 92 heavy (non-hydrogen) atoms. The highest BCUT2D eigenvalue weighted by atomic mass is 32.1. The van der Waals surface area contributed by atoms with Crippen LogP contribution >= 0.6 is 45.3 Å². The van der Waals surface area contributed by atoms with Gasteiger partial charge in [0.1, 0.15) is 44.8 Å². The molecular weight excluding hydrogens is 1220 g/mol. The third kappa shape index (κ3) is 13.6. The number of nitrogens with zero attached hydrogens (tertiary/aromatic N) is 6. The number of unbranched alkanes of at least 4 members (excludes halogenated alkanes) is 4. The first-order chi connectivity index (χ1) is 44.8. The van der Waals surface area contributed by atoms with Crippen molar-refractivity contribution in [1.29, 1.82) is 0 Å². The van der Waals surface area contributed by atoms with Gasteiger partial charge in [0.05, 0.1) is 13.1 Å². The van der Waals surface area contributed by atoms with Gasteiger partial charge in [-0.15, -0.1) is 45.3 Å². The van der Waals surface area contributed by atoms with Crippen LogP contribution in [0.4, 0.5) is 8.78 Å². The number of thiophene rings is 4. The maximum Gasteiger partial charge on any atom is 0.168 e. The molecule has 0 fully saturated rings. The standard InChI is InChI=1S/C78H90F2N6O2S4/c1-11-19-23-49(15-5)42-53-28-35-67(89-53)69-60-41-48(10)87-77(60)70(68-36-29-54(90-68)43-50(16-6)24-20-12-2)61-44-62(88-78(61)69)55-31-34-59(76-74(55)82-86(84-76)46-52(18-8)26-22-14-4)66-40-38-64(92-66)57-33-32-56(71(79)72(57)80)63-37-39-65(91-63)58-30-27-47(9)73-75(58)83-85(81-73)45-51(17-7)25-21-13-3/h27-41,44,49-52H,11-26,42-43,45-46H2,1-10H3. The highest BCUT2D eigenvalue weighted by Crippen LogP contribution is 2.52. The monoisotopic (exact) mass is 1310 g/mol. The summed E-state index contributed by atoms with van der Waals surface area (Å²) in [5.41, 5.74) is 11.2. The summed E-state index contributed by atoms with van der Waals surface area (Å²) in [6, 6.07) is 33.3. The molecule has 0 aliphatic rings. The molecule has 8 aromatic heterocycles. The second-order valence-corrected chi connectivity index (χ2v) is 30.4. The maximum absolute atomic E-state index is 16.8. The van der Waals surface area contributed by atoms with Crippen molar-refractivity contribution in [2.24, 2.45) is 23.7 Å². The Balaban J connectivity index is 0.927. The van der Waals surface area contributed by atoms with Crippen molar-refractivity contribution in [3.63, 3.8) is 0 Å². The van der Waals surface area contributed by atoms with E-state index < -0.39 is 11.6 Å². The number of fused-ring (bicyclic) bond motifs is 4. The lowest BCUT2D eigenvalue weighted by Gasteiger charge is -2.13. The quantitative estimate of drug-likeness (QED) is 0.0430. The van der Waals surface area contributed by atoms with Crippen LogP contribution in [-0.4, -0.2) is 30.0 Å². The van der Waals surface area contributed by atoms with Crippen molar-refractivity contribution in [3.8, 4) is 74.0 Å². The molecule has 4 unspecified atom stereocenters. The molecule has 0 aliphatic carbocycles. The Morgan fingerprint density at radius 2 is 0.783 bits per heavy atom. The summed E-state index contributed by atoms with van der Waals surface area (Å²) in [5, 5.41) is 22.8. The van der Waals surface area contributed by atoms with Gasteiger partial charge in [-0.1, -0.05) is 163 Å². The van der Waals surface area contributed by atoms with E-state index in [1.165, 1.54) is 93.5 Å². The summed E-state index contributed by atoms with van der Waals surface area (Å²) in [6.45, 7) is 23.8. The highest BCUT2D eigenvalue weighted by Gasteiger charge is 2.29. The normalized spacial score (nSPS) is 13.5. The first-order valence-electron chi connectivity index (χ1n) is 34.4. The Bertz CT molecular complexity index is 4380. The van der Waals surface area contributed by atoms with Crippen molar-refractivity contribution in [2.75, 3.05) is 0 Å². The Morgan fingerprint density at radius 3 is 1.26 bits per heavy atom. The molecule has 0 radical (unpaired) electrons. The number of aryl methyl sites for hydroxylation is 2. The van der Waals surface area contributed by atoms with Gasteiger partial charge >= 0.3 is 0 Å². The minimum atomic E-state index is -0.873. The Labute approximate surface area is 558 Å². The van der Waals surface area contributed by atoms with Gasteiger partial charge in [0, 0.05) is 88.7 Å². The molecule has 12 aromatic rings. The minimum Gasteiger partial charge on any atom is -0.461 e. The van der Waals surface area contributed by atoms with Crippen LogP contribution in [0.3, 0.4) is 0 Å². The fraction of sp³-hybridized carbons (Fsp3) is 0.436. The van der Waals surface area contributed by atoms with Gasteiger partial charge < -0.3 is 8.83 Å². The molecule has 0 N–H and O–H groups in total. The topological polar surface area (TPSA) is 87.7 Å². The molecule has 8 nitrogen and oxygen atoms in total. The lowest BCUT2D eigenvalue weighted by atomic mass is 9.95. The van der Waals surface area contributed by atoms with Gasteiger partial charge in [-0.05, 0) is 148 Å². The van der Waals surface area contributed by atoms with Gasteiger partial charge in [0.15, 0.2) is 11.6 Å². The SMILES string of the molecule is CCCCC(CC)Cc1ccc(-c2c3cc(-c4ccc(-c5ccc(-c6ccc(-c7ccc(-c8ccc(C)c9nn(CC(CC)CCCC)nc89)s7)c(F)c6F)s5)c5nn(CC(CC)CCCC)nc45)oc3c(-c3ccc(CC(CC)CCCC)s3)c3cc(C)oc23)s1. The molecule has 0 bridgehead atoms. The number of aromatic nitrogens is 6. The van der Waals surface area contributed by atoms with Crippen LogP contribution in [-0.2, 0) is 25.9 Å². The van der Waals surface area contributed by atoms with E-state index in [1.807, 2.05) is 56.5 Å². The van der Waals surface area contributed by atoms with Gasteiger partial charge in [-0.3, -0.25) is 0 Å². The first-order valence-corrected chi connectivity index (χ1v) is 37.7.